The first-order valence-corrected chi connectivity index (χ1v) is 7.23. The molecule has 1 aliphatic rings. The van der Waals surface area contributed by atoms with Gasteiger partial charge >= 0.3 is 0 Å². The zero-order chi connectivity index (χ0) is 14.0. The van der Waals surface area contributed by atoms with E-state index in [4.69, 9.17) is 9.47 Å². The van der Waals surface area contributed by atoms with Gasteiger partial charge in [0.2, 0.25) is 0 Å². The molecule has 1 saturated heterocycles. The van der Waals surface area contributed by atoms with Gasteiger partial charge in [0.15, 0.2) is 0 Å². The fourth-order valence-corrected chi connectivity index (χ4v) is 3.50. The predicted octanol–water partition coefficient (Wildman–Crippen LogP) is 2.98. The molecular formula is C15H31NO2. The lowest BCUT2D eigenvalue weighted by Gasteiger charge is -2.37. The van der Waals surface area contributed by atoms with E-state index >= 15 is 0 Å². The van der Waals surface area contributed by atoms with Gasteiger partial charge in [-0.3, -0.25) is 0 Å². The van der Waals surface area contributed by atoms with E-state index in [0.717, 1.165) is 19.4 Å². The SMILES string of the molecule is CCNC(C(CC)OC)C1CC(C)(C)OC1(C)C. The summed E-state index contributed by atoms with van der Waals surface area (Å²) in [6.45, 7) is 14.1. The van der Waals surface area contributed by atoms with Gasteiger partial charge in [0.1, 0.15) is 0 Å². The molecule has 1 N–H and O–H groups in total. The lowest BCUT2D eigenvalue weighted by Crippen LogP contribution is -2.51. The van der Waals surface area contributed by atoms with Crippen molar-refractivity contribution in [2.75, 3.05) is 13.7 Å². The summed E-state index contributed by atoms with van der Waals surface area (Å²) in [4.78, 5) is 0. The van der Waals surface area contributed by atoms with Gasteiger partial charge in [-0.1, -0.05) is 13.8 Å². The van der Waals surface area contributed by atoms with E-state index in [1.807, 2.05) is 7.11 Å². The van der Waals surface area contributed by atoms with Gasteiger partial charge in [-0.05, 0) is 47.1 Å². The van der Waals surface area contributed by atoms with Gasteiger partial charge < -0.3 is 14.8 Å². The summed E-state index contributed by atoms with van der Waals surface area (Å²) in [5, 5.41) is 3.61. The summed E-state index contributed by atoms with van der Waals surface area (Å²) in [5.41, 5.74) is -0.129. The van der Waals surface area contributed by atoms with Gasteiger partial charge in [-0.2, -0.15) is 0 Å². The number of likely N-dealkylation sites (N-methyl/N-ethyl adjacent to an activating group) is 1. The van der Waals surface area contributed by atoms with Gasteiger partial charge in [0.05, 0.1) is 17.3 Å². The third-order valence-corrected chi connectivity index (χ3v) is 4.12. The van der Waals surface area contributed by atoms with Crippen LogP contribution in [0, 0.1) is 5.92 Å². The molecule has 1 heterocycles. The van der Waals surface area contributed by atoms with Crippen molar-refractivity contribution in [1.82, 2.24) is 5.32 Å². The molecule has 0 saturated carbocycles. The number of rotatable bonds is 6. The Hall–Kier alpha value is -0.120. The molecule has 3 heteroatoms. The second-order valence-electron chi connectivity index (χ2n) is 6.54. The Morgan fingerprint density at radius 1 is 1.28 bits per heavy atom. The molecule has 0 radical (unpaired) electrons. The Morgan fingerprint density at radius 3 is 2.22 bits per heavy atom. The minimum absolute atomic E-state index is 0.0339. The van der Waals surface area contributed by atoms with Crippen molar-refractivity contribution < 1.29 is 9.47 Å². The summed E-state index contributed by atoms with van der Waals surface area (Å²) in [7, 11) is 1.81. The molecule has 0 bridgehead atoms. The van der Waals surface area contributed by atoms with Gasteiger partial charge in [-0.25, -0.2) is 0 Å². The lowest BCUT2D eigenvalue weighted by molar-refractivity contribution is -0.0843. The molecule has 0 aliphatic carbocycles. The maximum Gasteiger partial charge on any atom is 0.0725 e. The average molecular weight is 257 g/mol. The van der Waals surface area contributed by atoms with Crippen molar-refractivity contribution in [2.24, 2.45) is 5.92 Å². The van der Waals surface area contributed by atoms with Crippen molar-refractivity contribution in [1.29, 1.82) is 0 Å². The molecule has 3 unspecified atom stereocenters. The zero-order valence-corrected chi connectivity index (χ0v) is 13.2. The topological polar surface area (TPSA) is 30.5 Å². The van der Waals surface area contributed by atoms with E-state index < -0.39 is 0 Å². The molecule has 3 nitrogen and oxygen atoms in total. The zero-order valence-electron chi connectivity index (χ0n) is 13.2. The highest BCUT2D eigenvalue weighted by Gasteiger charge is 2.50. The molecule has 0 aromatic heterocycles. The van der Waals surface area contributed by atoms with Crippen LogP contribution in [0.5, 0.6) is 0 Å². The molecule has 0 spiro atoms. The third kappa shape index (κ3) is 3.46. The first kappa shape index (κ1) is 15.9. The summed E-state index contributed by atoms with van der Waals surface area (Å²) >= 11 is 0. The number of ether oxygens (including phenoxy) is 2. The van der Waals surface area contributed by atoms with E-state index in [9.17, 15) is 0 Å². The van der Waals surface area contributed by atoms with Crippen LogP contribution in [0.4, 0.5) is 0 Å². The van der Waals surface area contributed by atoms with Crippen LogP contribution in [0.2, 0.25) is 0 Å². The molecule has 18 heavy (non-hydrogen) atoms. The Kier molecular flexibility index (Phi) is 5.22. The van der Waals surface area contributed by atoms with Crippen molar-refractivity contribution >= 4 is 0 Å². The normalized spacial score (nSPS) is 29.2. The molecule has 1 rings (SSSR count). The van der Waals surface area contributed by atoms with Crippen LogP contribution in [0.25, 0.3) is 0 Å². The van der Waals surface area contributed by atoms with Crippen LogP contribution in [0.15, 0.2) is 0 Å². The predicted molar refractivity (Wildman–Crippen MR) is 75.9 cm³/mol. The fraction of sp³-hybridized carbons (Fsp3) is 1.00. The van der Waals surface area contributed by atoms with Crippen LogP contribution in [0.1, 0.15) is 54.4 Å². The highest BCUT2D eigenvalue weighted by molar-refractivity contribution is 5.01. The Balaban J connectivity index is 2.91. The minimum Gasteiger partial charge on any atom is -0.380 e. The smallest absolute Gasteiger partial charge is 0.0725 e. The maximum atomic E-state index is 6.22. The highest BCUT2D eigenvalue weighted by Crippen LogP contribution is 2.44. The number of nitrogens with one attached hydrogen (secondary N) is 1. The number of methoxy groups -OCH3 is 1. The Labute approximate surface area is 113 Å². The maximum absolute atomic E-state index is 6.22. The molecule has 0 aromatic rings. The third-order valence-electron chi connectivity index (χ3n) is 4.12. The molecule has 1 aliphatic heterocycles. The second kappa shape index (κ2) is 5.89. The summed E-state index contributed by atoms with van der Waals surface area (Å²) in [5.74, 6) is 0.484. The average Bonchev–Trinajstić information content (AvgIpc) is 2.47. The van der Waals surface area contributed by atoms with Crippen molar-refractivity contribution in [3.8, 4) is 0 Å². The lowest BCUT2D eigenvalue weighted by atomic mass is 9.79. The Bertz CT molecular complexity index is 259. The van der Waals surface area contributed by atoms with Crippen LogP contribution in [0.3, 0.4) is 0 Å². The van der Waals surface area contributed by atoms with E-state index in [2.05, 4.69) is 46.9 Å². The first-order valence-electron chi connectivity index (χ1n) is 7.23. The van der Waals surface area contributed by atoms with Gasteiger partial charge in [-0.15, -0.1) is 0 Å². The Morgan fingerprint density at radius 2 is 1.89 bits per heavy atom. The monoisotopic (exact) mass is 257 g/mol. The van der Waals surface area contributed by atoms with E-state index in [1.165, 1.54) is 0 Å². The molecule has 0 amide bonds. The van der Waals surface area contributed by atoms with Crippen molar-refractivity contribution in [3.05, 3.63) is 0 Å². The minimum atomic E-state index is -0.0950. The van der Waals surface area contributed by atoms with Gasteiger partial charge in [0, 0.05) is 19.1 Å². The first-order chi connectivity index (χ1) is 8.27. The van der Waals surface area contributed by atoms with Crippen LogP contribution in [-0.2, 0) is 9.47 Å². The molecule has 3 atom stereocenters. The van der Waals surface area contributed by atoms with Crippen LogP contribution < -0.4 is 5.32 Å². The van der Waals surface area contributed by atoms with Crippen molar-refractivity contribution in [2.45, 2.75) is 77.7 Å². The van der Waals surface area contributed by atoms with Crippen LogP contribution in [-0.4, -0.2) is 37.0 Å². The van der Waals surface area contributed by atoms with E-state index in [-0.39, 0.29) is 17.3 Å². The summed E-state index contributed by atoms with van der Waals surface area (Å²) < 4.78 is 11.9. The van der Waals surface area contributed by atoms with Gasteiger partial charge in [0.25, 0.3) is 0 Å². The summed E-state index contributed by atoms with van der Waals surface area (Å²) in [6.07, 6.45) is 2.37. The number of hydrogen-bond acceptors (Lipinski definition) is 3. The molecule has 0 aromatic carbocycles. The molecular weight excluding hydrogens is 226 g/mol. The van der Waals surface area contributed by atoms with E-state index in [0.29, 0.717) is 12.0 Å². The van der Waals surface area contributed by atoms with E-state index in [1.54, 1.807) is 0 Å². The largest absolute Gasteiger partial charge is 0.380 e. The molecule has 1 fully saturated rings. The highest BCUT2D eigenvalue weighted by atomic mass is 16.5. The fourth-order valence-electron chi connectivity index (χ4n) is 3.50. The quantitative estimate of drug-likeness (QED) is 0.793. The van der Waals surface area contributed by atoms with Crippen LogP contribution >= 0.6 is 0 Å². The standard InChI is InChI=1S/C15H31NO2/c1-8-12(17-7)13(16-9-2)11-10-14(3,4)18-15(11,5)6/h11-13,16H,8-10H2,1-7H3. The summed E-state index contributed by atoms with van der Waals surface area (Å²) in [6, 6.07) is 0.363. The second-order valence-corrected chi connectivity index (χ2v) is 6.54. The number of hydrogen-bond donors (Lipinski definition) is 1. The van der Waals surface area contributed by atoms with Crippen molar-refractivity contribution in [3.63, 3.8) is 0 Å². The molecule has 108 valence electrons.